The highest BCUT2D eigenvalue weighted by molar-refractivity contribution is 5.85. The first-order chi connectivity index (χ1) is 12.6. The average molecular weight is 353 g/mol. The van der Waals surface area contributed by atoms with Gasteiger partial charge in [-0.25, -0.2) is 4.79 Å². The maximum Gasteiger partial charge on any atom is 0.412 e. The van der Waals surface area contributed by atoms with Crippen LogP contribution in [0.3, 0.4) is 0 Å². The van der Waals surface area contributed by atoms with E-state index in [0.717, 1.165) is 17.1 Å². The number of hydrogen-bond donors (Lipinski definition) is 2. The monoisotopic (exact) mass is 353 g/mol. The molecule has 0 fully saturated rings. The maximum absolute atomic E-state index is 11.8. The van der Waals surface area contributed by atoms with Crippen LogP contribution in [0, 0.1) is 6.92 Å². The Labute approximate surface area is 150 Å². The third-order valence-corrected chi connectivity index (χ3v) is 3.54. The van der Waals surface area contributed by atoms with E-state index in [1.165, 1.54) is 0 Å². The lowest BCUT2D eigenvalue weighted by molar-refractivity contribution is 0.152. The van der Waals surface area contributed by atoms with E-state index < -0.39 is 6.09 Å². The van der Waals surface area contributed by atoms with Gasteiger partial charge in [-0.3, -0.25) is 5.32 Å². The normalized spacial score (nSPS) is 10.2. The largest absolute Gasteiger partial charge is 0.497 e. The molecular formula is C19H19N3O4. The number of carbonyl (C=O) groups is 1. The second-order valence-corrected chi connectivity index (χ2v) is 5.56. The van der Waals surface area contributed by atoms with E-state index in [9.17, 15) is 4.79 Å². The zero-order valence-corrected chi connectivity index (χ0v) is 14.5. The van der Waals surface area contributed by atoms with Crippen LogP contribution in [0.2, 0.25) is 0 Å². The molecule has 7 nitrogen and oxygen atoms in total. The summed E-state index contributed by atoms with van der Waals surface area (Å²) in [6.45, 7) is 1.83. The van der Waals surface area contributed by atoms with E-state index in [-0.39, 0.29) is 6.61 Å². The Balaban J connectivity index is 1.50. The van der Waals surface area contributed by atoms with Gasteiger partial charge in [0.05, 0.1) is 7.11 Å². The maximum atomic E-state index is 11.8. The molecule has 7 heteroatoms. The molecule has 2 N–H and O–H groups in total. The fraction of sp³-hybridized carbons (Fsp3) is 0.158. The second kappa shape index (κ2) is 8.06. The van der Waals surface area contributed by atoms with E-state index in [4.69, 9.17) is 14.0 Å². The van der Waals surface area contributed by atoms with Crippen molar-refractivity contribution in [2.45, 2.75) is 13.5 Å². The van der Waals surface area contributed by atoms with E-state index in [1.54, 1.807) is 32.2 Å². The number of anilines is 3. The topological polar surface area (TPSA) is 85.6 Å². The van der Waals surface area contributed by atoms with Crippen molar-refractivity contribution < 1.29 is 18.8 Å². The highest BCUT2D eigenvalue weighted by Gasteiger charge is 2.06. The van der Waals surface area contributed by atoms with Crippen LogP contribution in [0.15, 0.2) is 59.1 Å². The molecule has 3 aromatic rings. The van der Waals surface area contributed by atoms with Crippen LogP contribution in [-0.2, 0) is 11.3 Å². The van der Waals surface area contributed by atoms with Crippen molar-refractivity contribution in [3.63, 3.8) is 0 Å². The van der Waals surface area contributed by atoms with Crippen molar-refractivity contribution in [3.05, 3.63) is 66.1 Å². The Hall–Kier alpha value is -3.48. The summed E-state index contributed by atoms with van der Waals surface area (Å²) in [5, 5.41) is 9.69. The van der Waals surface area contributed by atoms with E-state index in [1.807, 2.05) is 36.4 Å². The van der Waals surface area contributed by atoms with Crippen LogP contribution < -0.4 is 15.4 Å². The number of ether oxygens (including phenoxy) is 2. The molecule has 0 spiro atoms. The minimum absolute atomic E-state index is 0.0558. The van der Waals surface area contributed by atoms with Gasteiger partial charge in [-0.15, -0.1) is 0 Å². The standard InChI is InChI=1S/C19H19N3O4/c1-13-11-17(22-26-13)12-25-19(23)21-16-5-3-14(4-6-16)20-15-7-9-18(24-2)10-8-15/h3-11,20H,12H2,1-2H3,(H,21,23). The molecule has 3 rings (SSSR count). The van der Waals surface area contributed by atoms with Crippen LogP contribution >= 0.6 is 0 Å². The first-order valence-electron chi connectivity index (χ1n) is 7.99. The van der Waals surface area contributed by atoms with Crippen LogP contribution in [0.5, 0.6) is 5.75 Å². The number of rotatable bonds is 6. The van der Waals surface area contributed by atoms with Gasteiger partial charge in [0.2, 0.25) is 0 Å². The SMILES string of the molecule is COc1ccc(Nc2ccc(NC(=O)OCc3cc(C)on3)cc2)cc1. The van der Waals surface area contributed by atoms with Crippen LogP contribution in [0.4, 0.5) is 21.9 Å². The minimum Gasteiger partial charge on any atom is -0.497 e. The van der Waals surface area contributed by atoms with Crippen molar-refractivity contribution in [3.8, 4) is 5.75 Å². The van der Waals surface area contributed by atoms with Gasteiger partial charge in [-0.2, -0.15) is 0 Å². The number of benzene rings is 2. The molecule has 0 radical (unpaired) electrons. The first kappa shape index (κ1) is 17.3. The summed E-state index contributed by atoms with van der Waals surface area (Å²) in [6.07, 6.45) is -0.554. The van der Waals surface area contributed by atoms with Gasteiger partial charge in [-0.05, 0) is 55.5 Å². The van der Waals surface area contributed by atoms with Gasteiger partial charge in [0.25, 0.3) is 0 Å². The van der Waals surface area contributed by atoms with Gasteiger partial charge >= 0.3 is 6.09 Å². The molecule has 0 saturated carbocycles. The van der Waals surface area contributed by atoms with Gasteiger partial charge in [0, 0.05) is 23.1 Å². The first-order valence-corrected chi connectivity index (χ1v) is 7.99. The lowest BCUT2D eigenvalue weighted by Gasteiger charge is -2.09. The Kier molecular flexibility index (Phi) is 5.38. The van der Waals surface area contributed by atoms with Gasteiger partial charge in [0.1, 0.15) is 23.8 Å². The lowest BCUT2D eigenvalue weighted by Crippen LogP contribution is -2.13. The molecule has 0 atom stereocenters. The third kappa shape index (κ3) is 4.76. The number of carbonyl (C=O) groups excluding carboxylic acids is 1. The predicted molar refractivity (Wildman–Crippen MR) is 97.8 cm³/mol. The Morgan fingerprint density at radius 2 is 1.65 bits per heavy atom. The average Bonchev–Trinajstić information content (AvgIpc) is 3.08. The van der Waals surface area contributed by atoms with Crippen molar-refractivity contribution in [2.24, 2.45) is 0 Å². The molecule has 2 aromatic carbocycles. The highest BCUT2D eigenvalue weighted by Crippen LogP contribution is 2.21. The number of aromatic nitrogens is 1. The van der Waals surface area contributed by atoms with Crippen molar-refractivity contribution in [2.75, 3.05) is 17.7 Å². The highest BCUT2D eigenvalue weighted by atomic mass is 16.6. The van der Waals surface area contributed by atoms with E-state index in [2.05, 4.69) is 15.8 Å². The summed E-state index contributed by atoms with van der Waals surface area (Å²) in [4.78, 5) is 11.8. The van der Waals surface area contributed by atoms with Crippen molar-refractivity contribution in [1.29, 1.82) is 0 Å². The lowest BCUT2D eigenvalue weighted by atomic mass is 10.2. The summed E-state index contributed by atoms with van der Waals surface area (Å²) in [7, 11) is 1.63. The molecule has 26 heavy (non-hydrogen) atoms. The smallest absolute Gasteiger partial charge is 0.412 e. The van der Waals surface area contributed by atoms with Gasteiger partial charge in [0.15, 0.2) is 0 Å². The molecule has 0 saturated heterocycles. The Morgan fingerprint density at radius 3 is 2.23 bits per heavy atom. The summed E-state index contributed by atoms with van der Waals surface area (Å²) >= 11 is 0. The summed E-state index contributed by atoms with van der Waals surface area (Å²) in [5.41, 5.74) is 3.03. The number of nitrogens with zero attached hydrogens (tertiary/aromatic N) is 1. The molecule has 1 aromatic heterocycles. The number of aryl methyl sites for hydroxylation is 1. The molecule has 1 amide bonds. The van der Waals surface area contributed by atoms with Crippen LogP contribution in [-0.4, -0.2) is 18.4 Å². The molecular weight excluding hydrogens is 334 g/mol. The number of amides is 1. The van der Waals surface area contributed by atoms with Crippen LogP contribution in [0.25, 0.3) is 0 Å². The molecule has 1 heterocycles. The number of methoxy groups -OCH3 is 1. The predicted octanol–water partition coefficient (Wildman–Crippen LogP) is 4.48. The van der Waals surface area contributed by atoms with Crippen molar-refractivity contribution in [1.82, 2.24) is 5.16 Å². The Morgan fingerprint density at radius 1 is 1.04 bits per heavy atom. The Bertz CT molecular complexity index is 857. The molecule has 0 bridgehead atoms. The summed E-state index contributed by atoms with van der Waals surface area (Å²) in [6, 6.07) is 16.6. The van der Waals surface area contributed by atoms with Crippen LogP contribution in [0.1, 0.15) is 11.5 Å². The fourth-order valence-electron chi connectivity index (χ4n) is 2.26. The fourth-order valence-corrected chi connectivity index (χ4v) is 2.26. The molecule has 0 aliphatic heterocycles. The van der Waals surface area contributed by atoms with Gasteiger partial charge < -0.3 is 19.3 Å². The molecule has 0 unspecified atom stereocenters. The van der Waals surface area contributed by atoms with Gasteiger partial charge in [-0.1, -0.05) is 5.16 Å². The second-order valence-electron chi connectivity index (χ2n) is 5.56. The zero-order valence-electron chi connectivity index (χ0n) is 14.5. The van der Waals surface area contributed by atoms with E-state index in [0.29, 0.717) is 17.1 Å². The molecule has 0 aliphatic carbocycles. The van der Waals surface area contributed by atoms with Crippen molar-refractivity contribution >= 4 is 23.2 Å². The number of hydrogen-bond acceptors (Lipinski definition) is 6. The van der Waals surface area contributed by atoms with E-state index >= 15 is 0 Å². The number of nitrogens with one attached hydrogen (secondary N) is 2. The molecule has 134 valence electrons. The zero-order chi connectivity index (χ0) is 18.4. The summed E-state index contributed by atoms with van der Waals surface area (Å²) in [5.74, 6) is 1.47. The minimum atomic E-state index is -0.554. The quantitative estimate of drug-likeness (QED) is 0.679. The third-order valence-electron chi connectivity index (χ3n) is 3.54. The molecule has 0 aliphatic rings. The summed E-state index contributed by atoms with van der Waals surface area (Å²) < 4.78 is 15.1.